The Bertz CT molecular complexity index is 879. The molecule has 0 aromatic heterocycles. The zero-order chi connectivity index (χ0) is 19.9. The summed E-state index contributed by atoms with van der Waals surface area (Å²) in [5, 5.41) is 0. The van der Waals surface area contributed by atoms with Gasteiger partial charge in [0.25, 0.3) is 0 Å². The molecule has 0 unspecified atom stereocenters. The highest BCUT2D eigenvalue weighted by Gasteiger charge is 2.38. The molecule has 4 nitrogen and oxygen atoms in total. The van der Waals surface area contributed by atoms with E-state index in [0.29, 0.717) is 6.42 Å². The van der Waals surface area contributed by atoms with Crippen LogP contribution in [0.25, 0.3) is 6.08 Å². The lowest BCUT2D eigenvalue weighted by Crippen LogP contribution is -2.34. The van der Waals surface area contributed by atoms with Crippen LogP contribution in [-0.4, -0.2) is 25.5 Å². The molecule has 0 fully saturated rings. The minimum atomic E-state index is -0.791. The molecule has 0 spiro atoms. The second-order valence-corrected chi connectivity index (χ2v) is 6.68. The molecule has 144 valence electrons. The molecule has 0 aliphatic heterocycles. The third-order valence-electron chi connectivity index (χ3n) is 4.87. The lowest BCUT2D eigenvalue weighted by Gasteiger charge is -2.28. The Balaban J connectivity index is 1.86. The van der Waals surface area contributed by atoms with Crippen LogP contribution >= 0.6 is 0 Å². The van der Waals surface area contributed by atoms with Crippen LogP contribution in [0.2, 0.25) is 0 Å². The number of ketones is 1. The highest BCUT2D eigenvalue weighted by atomic mass is 16.5. The number of carbonyl (C=O) groups excluding carboxylic acids is 2. The van der Waals surface area contributed by atoms with Crippen LogP contribution in [0.15, 0.2) is 72.3 Å². The Morgan fingerprint density at radius 3 is 2.43 bits per heavy atom. The van der Waals surface area contributed by atoms with Crippen molar-refractivity contribution in [3.05, 3.63) is 83.4 Å². The smallest absolute Gasteiger partial charge is 0.317 e. The topological polar surface area (TPSA) is 52.6 Å². The van der Waals surface area contributed by atoms with Crippen molar-refractivity contribution < 1.29 is 19.1 Å². The minimum Gasteiger partial charge on any atom is -0.497 e. The molecule has 0 radical (unpaired) electrons. The largest absolute Gasteiger partial charge is 0.497 e. The van der Waals surface area contributed by atoms with Crippen LogP contribution < -0.4 is 4.74 Å². The third-order valence-corrected chi connectivity index (χ3v) is 4.87. The van der Waals surface area contributed by atoms with E-state index in [1.54, 1.807) is 20.1 Å². The first kappa shape index (κ1) is 19.6. The van der Waals surface area contributed by atoms with Gasteiger partial charge in [0, 0.05) is 5.92 Å². The quantitative estimate of drug-likeness (QED) is 0.547. The number of allylic oxidation sites excluding steroid dienone is 3. The molecule has 0 heterocycles. The van der Waals surface area contributed by atoms with Crippen molar-refractivity contribution in [2.75, 3.05) is 13.7 Å². The maximum Gasteiger partial charge on any atom is 0.317 e. The highest BCUT2D eigenvalue weighted by Crippen LogP contribution is 2.37. The SMILES string of the molecule is CCOC(=O)[C@@H]1C(=O)C=C(/C=C\c2ccc(OC)cc2)C[C@@H]1c1ccccc1. The van der Waals surface area contributed by atoms with Gasteiger partial charge in [0.1, 0.15) is 11.7 Å². The van der Waals surface area contributed by atoms with Gasteiger partial charge in [-0.25, -0.2) is 0 Å². The van der Waals surface area contributed by atoms with Gasteiger partial charge in [0.2, 0.25) is 0 Å². The van der Waals surface area contributed by atoms with Crippen molar-refractivity contribution in [3.8, 4) is 5.75 Å². The average Bonchev–Trinajstić information content (AvgIpc) is 2.73. The summed E-state index contributed by atoms with van der Waals surface area (Å²) in [6.07, 6.45) is 6.08. The predicted molar refractivity (Wildman–Crippen MR) is 109 cm³/mol. The lowest BCUT2D eigenvalue weighted by atomic mass is 9.75. The van der Waals surface area contributed by atoms with Gasteiger partial charge in [-0.3, -0.25) is 9.59 Å². The number of carbonyl (C=O) groups is 2. The summed E-state index contributed by atoms with van der Waals surface area (Å²) in [6.45, 7) is 2.01. The van der Waals surface area contributed by atoms with Crippen molar-refractivity contribution in [2.24, 2.45) is 5.92 Å². The second-order valence-electron chi connectivity index (χ2n) is 6.68. The summed E-state index contributed by atoms with van der Waals surface area (Å²) >= 11 is 0. The Labute approximate surface area is 165 Å². The van der Waals surface area contributed by atoms with Gasteiger partial charge in [0.15, 0.2) is 5.78 Å². The molecule has 1 aliphatic rings. The van der Waals surface area contributed by atoms with Crippen LogP contribution in [0, 0.1) is 5.92 Å². The summed E-state index contributed by atoms with van der Waals surface area (Å²) < 4.78 is 10.3. The normalized spacial score (nSPS) is 19.4. The molecule has 0 saturated carbocycles. The number of benzene rings is 2. The molecule has 1 aliphatic carbocycles. The summed E-state index contributed by atoms with van der Waals surface area (Å²) in [6, 6.07) is 17.4. The first-order valence-corrected chi connectivity index (χ1v) is 9.40. The summed E-state index contributed by atoms with van der Waals surface area (Å²) in [4.78, 5) is 25.2. The van der Waals surface area contributed by atoms with Crippen molar-refractivity contribution in [1.29, 1.82) is 0 Å². The molecule has 3 rings (SSSR count). The average molecular weight is 376 g/mol. The molecular weight excluding hydrogens is 352 g/mol. The van der Waals surface area contributed by atoms with Crippen LogP contribution in [0.5, 0.6) is 5.75 Å². The number of ether oxygens (including phenoxy) is 2. The zero-order valence-electron chi connectivity index (χ0n) is 16.1. The number of esters is 1. The van der Waals surface area contributed by atoms with Crippen LogP contribution in [-0.2, 0) is 14.3 Å². The van der Waals surface area contributed by atoms with E-state index in [-0.39, 0.29) is 18.3 Å². The van der Waals surface area contributed by atoms with Crippen molar-refractivity contribution in [2.45, 2.75) is 19.3 Å². The zero-order valence-corrected chi connectivity index (χ0v) is 16.1. The van der Waals surface area contributed by atoms with Gasteiger partial charge in [-0.1, -0.05) is 54.6 Å². The first-order chi connectivity index (χ1) is 13.6. The van der Waals surface area contributed by atoms with E-state index in [1.807, 2.05) is 66.7 Å². The van der Waals surface area contributed by atoms with E-state index in [0.717, 1.165) is 22.4 Å². The lowest BCUT2D eigenvalue weighted by molar-refractivity contribution is -0.151. The minimum absolute atomic E-state index is 0.201. The van der Waals surface area contributed by atoms with Crippen molar-refractivity contribution in [3.63, 3.8) is 0 Å². The number of hydrogen-bond acceptors (Lipinski definition) is 4. The second kappa shape index (κ2) is 9.18. The molecule has 2 atom stereocenters. The molecule has 0 saturated heterocycles. The van der Waals surface area contributed by atoms with Gasteiger partial charge in [-0.2, -0.15) is 0 Å². The number of hydrogen-bond donors (Lipinski definition) is 0. The maximum atomic E-state index is 12.8. The monoisotopic (exact) mass is 376 g/mol. The summed E-state index contributed by atoms with van der Waals surface area (Å²) in [5.74, 6) is -0.872. The number of methoxy groups -OCH3 is 1. The summed E-state index contributed by atoms with van der Waals surface area (Å²) in [7, 11) is 1.63. The van der Waals surface area contributed by atoms with E-state index in [1.165, 1.54) is 0 Å². The maximum absolute atomic E-state index is 12.8. The molecule has 0 bridgehead atoms. The molecule has 2 aromatic carbocycles. The van der Waals surface area contributed by atoms with Crippen LogP contribution in [0.1, 0.15) is 30.4 Å². The van der Waals surface area contributed by atoms with E-state index in [9.17, 15) is 9.59 Å². The highest BCUT2D eigenvalue weighted by molar-refractivity contribution is 6.07. The Morgan fingerprint density at radius 1 is 1.07 bits per heavy atom. The molecule has 4 heteroatoms. The Kier molecular flexibility index (Phi) is 6.43. The fourth-order valence-electron chi connectivity index (χ4n) is 3.46. The standard InChI is InChI=1S/C24H24O4/c1-3-28-24(26)23-21(19-7-5-4-6-8-19)15-18(16-22(23)25)10-9-17-11-13-20(27-2)14-12-17/h4-14,16,21,23H,3,15H2,1-2H3/b10-9-/t21-,23+/m1/s1. The van der Waals surface area contributed by atoms with E-state index in [4.69, 9.17) is 9.47 Å². The van der Waals surface area contributed by atoms with Crippen LogP contribution in [0.4, 0.5) is 0 Å². The van der Waals surface area contributed by atoms with Crippen molar-refractivity contribution >= 4 is 17.8 Å². The fourth-order valence-corrected chi connectivity index (χ4v) is 3.46. The van der Waals surface area contributed by atoms with E-state index in [2.05, 4.69) is 0 Å². The molecule has 2 aromatic rings. The van der Waals surface area contributed by atoms with Crippen molar-refractivity contribution in [1.82, 2.24) is 0 Å². The van der Waals surface area contributed by atoms with Gasteiger partial charge in [0.05, 0.1) is 13.7 Å². The molecule has 0 N–H and O–H groups in total. The van der Waals surface area contributed by atoms with Gasteiger partial charge < -0.3 is 9.47 Å². The molecule has 0 amide bonds. The number of rotatable bonds is 6. The predicted octanol–water partition coefficient (Wildman–Crippen LogP) is 4.57. The van der Waals surface area contributed by atoms with Crippen LogP contribution in [0.3, 0.4) is 0 Å². The Morgan fingerprint density at radius 2 is 1.79 bits per heavy atom. The fraction of sp³-hybridized carbons (Fsp3) is 0.250. The van der Waals surface area contributed by atoms with Gasteiger partial charge >= 0.3 is 5.97 Å². The third kappa shape index (κ3) is 4.58. The molecular formula is C24H24O4. The van der Waals surface area contributed by atoms with Gasteiger partial charge in [-0.05, 0) is 48.3 Å². The Hall–Kier alpha value is -3.14. The first-order valence-electron chi connectivity index (χ1n) is 9.40. The van der Waals surface area contributed by atoms with Gasteiger partial charge in [-0.15, -0.1) is 0 Å². The molecule has 28 heavy (non-hydrogen) atoms. The van der Waals surface area contributed by atoms with E-state index >= 15 is 0 Å². The van der Waals surface area contributed by atoms with E-state index < -0.39 is 11.9 Å². The summed E-state index contributed by atoms with van der Waals surface area (Å²) in [5.41, 5.74) is 2.88.